The van der Waals surface area contributed by atoms with E-state index in [1.54, 1.807) is 0 Å². The zero-order chi connectivity index (χ0) is 38.6. The number of benzene rings is 11. The van der Waals surface area contributed by atoms with Gasteiger partial charge in [0.15, 0.2) is 5.82 Å². The molecule has 0 unspecified atom stereocenters. The Bertz CT molecular complexity index is 3880. The standard InChI is InChI=1S/C56H33N3/c1-3-15-34(16-4-1)55-44-25-13-14-26-52(44)57-56(58-55)35-27-28-43-45(29-35)41-23-11-12-24-42(41)47-31-51-50-30-46-39-21-9-7-19-37(39)38-20-8-10-22-40(38)48(46)32-53(50)59(54(51)33-49(43)47)36-17-5-2-6-18-36/h1-33H. The molecule has 2 heterocycles. The van der Waals surface area contributed by atoms with Gasteiger partial charge in [-0.1, -0.05) is 152 Å². The predicted molar refractivity (Wildman–Crippen MR) is 250 cm³/mol. The molecule has 13 rings (SSSR count). The first-order valence-corrected chi connectivity index (χ1v) is 20.2. The van der Waals surface area contributed by atoms with Gasteiger partial charge in [0.25, 0.3) is 0 Å². The Hall–Kier alpha value is -7.88. The lowest BCUT2D eigenvalue weighted by molar-refractivity contribution is 1.18. The lowest BCUT2D eigenvalue weighted by Gasteiger charge is -2.14. The molecule has 0 bridgehead atoms. The number of fused-ring (bicyclic) bond motifs is 16. The lowest BCUT2D eigenvalue weighted by atomic mass is 9.91. The Labute approximate surface area is 339 Å². The fourth-order valence-electron chi connectivity index (χ4n) is 9.88. The minimum atomic E-state index is 0.723. The third kappa shape index (κ3) is 4.70. The molecule has 272 valence electrons. The van der Waals surface area contributed by atoms with Crippen LogP contribution in [0.1, 0.15) is 0 Å². The second-order valence-corrected chi connectivity index (χ2v) is 15.7. The Morgan fingerprint density at radius 3 is 1.25 bits per heavy atom. The quantitative estimate of drug-likeness (QED) is 0.169. The Morgan fingerprint density at radius 1 is 0.271 bits per heavy atom. The van der Waals surface area contributed by atoms with Crippen molar-refractivity contribution in [2.75, 3.05) is 0 Å². The second kappa shape index (κ2) is 12.3. The van der Waals surface area contributed by atoms with Crippen LogP contribution in [0.2, 0.25) is 0 Å². The fourth-order valence-corrected chi connectivity index (χ4v) is 9.88. The summed E-state index contributed by atoms with van der Waals surface area (Å²) < 4.78 is 2.47. The van der Waals surface area contributed by atoms with Crippen LogP contribution in [0.3, 0.4) is 0 Å². The molecule has 0 fully saturated rings. The largest absolute Gasteiger partial charge is 0.309 e. The van der Waals surface area contributed by atoms with Crippen molar-refractivity contribution >= 4 is 97.3 Å². The summed E-state index contributed by atoms with van der Waals surface area (Å²) in [4.78, 5) is 10.4. The number of aromatic nitrogens is 3. The average molecular weight is 748 g/mol. The molecular weight excluding hydrogens is 715 g/mol. The maximum atomic E-state index is 5.25. The molecule has 0 radical (unpaired) electrons. The molecule has 59 heavy (non-hydrogen) atoms. The molecule has 3 nitrogen and oxygen atoms in total. The average Bonchev–Trinajstić information content (AvgIpc) is 3.62. The van der Waals surface area contributed by atoms with Gasteiger partial charge in [0, 0.05) is 33.0 Å². The van der Waals surface area contributed by atoms with Crippen LogP contribution in [0.5, 0.6) is 0 Å². The molecular formula is C56H33N3. The molecule has 13 aromatic rings. The summed E-state index contributed by atoms with van der Waals surface area (Å²) in [6.07, 6.45) is 0. The van der Waals surface area contributed by atoms with Crippen molar-refractivity contribution in [3.63, 3.8) is 0 Å². The molecule has 11 aromatic carbocycles. The highest BCUT2D eigenvalue weighted by Crippen LogP contribution is 2.45. The predicted octanol–water partition coefficient (Wildman–Crippen LogP) is 15.0. The molecule has 3 heteroatoms. The van der Waals surface area contributed by atoms with Gasteiger partial charge in [0.05, 0.1) is 22.2 Å². The topological polar surface area (TPSA) is 30.7 Å². The Kier molecular flexibility index (Phi) is 6.72. The number of rotatable bonds is 3. The van der Waals surface area contributed by atoms with Crippen LogP contribution in [0.15, 0.2) is 200 Å². The van der Waals surface area contributed by atoms with Crippen molar-refractivity contribution in [2.45, 2.75) is 0 Å². The van der Waals surface area contributed by atoms with Gasteiger partial charge in [-0.15, -0.1) is 0 Å². The molecule has 0 spiro atoms. The number of hydrogen-bond acceptors (Lipinski definition) is 2. The Morgan fingerprint density at radius 2 is 0.695 bits per heavy atom. The minimum absolute atomic E-state index is 0.723. The van der Waals surface area contributed by atoms with E-state index in [0.29, 0.717) is 0 Å². The van der Waals surface area contributed by atoms with E-state index in [2.05, 4.69) is 199 Å². The monoisotopic (exact) mass is 747 g/mol. The van der Waals surface area contributed by atoms with E-state index >= 15 is 0 Å². The summed E-state index contributed by atoms with van der Waals surface area (Å²) >= 11 is 0. The summed E-state index contributed by atoms with van der Waals surface area (Å²) in [7, 11) is 0. The van der Waals surface area contributed by atoms with E-state index in [4.69, 9.17) is 9.97 Å². The normalized spacial score (nSPS) is 12.1. The maximum absolute atomic E-state index is 5.25. The molecule has 0 aliphatic carbocycles. The molecule has 2 aromatic heterocycles. The highest BCUT2D eigenvalue weighted by Gasteiger charge is 2.20. The zero-order valence-corrected chi connectivity index (χ0v) is 31.9. The number of hydrogen-bond donors (Lipinski definition) is 0. The van der Waals surface area contributed by atoms with Crippen LogP contribution in [0.4, 0.5) is 0 Å². The highest BCUT2D eigenvalue weighted by atomic mass is 15.0. The van der Waals surface area contributed by atoms with Crippen LogP contribution < -0.4 is 0 Å². The van der Waals surface area contributed by atoms with Crippen LogP contribution in [0, 0.1) is 0 Å². The number of nitrogens with zero attached hydrogens (tertiary/aromatic N) is 3. The van der Waals surface area contributed by atoms with Crippen molar-refractivity contribution in [1.82, 2.24) is 14.5 Å². The van der Waals surface area contributed by atoms with E-state index in [1.807, 2.05) is 6.07 Å². The summed E-state index contributed by atoms with van der Waals surface area (Å²) in [5.41, 5.74) is 7.49. The summed E-state index contributed by atoms with van der Waals surface area (Å²) in [5.74, 6) is 0.723. The van der Waals surface area contributed by atoms with Crippen LogP contribution in [-0.2, 0) is 0 Å². The van der Waals surface area contributed by atoms with Crippen LogP contribution in [-0.4, -0.2) is 14.5 Å². The van der Waals surface area contributed by atoms with Crippen LogP contribution in [0.25, 0.3) is 126 Å². The first-order valence-electron chi connectivity index (χ1n) is 20.2. The van der Waals surface area contributed by atoms with Gasteiger partial charge < -0.3 is 4.57 Å². The maximum Gasteiger partial charge on any atom is 0.160 e. The second-order valence-electron chi connectivity index (χ2n) is 15.7. The molecule has 0 aliphatic heterocycles. The molecule has 0 N–H and O–H groups in total. The first-order chi connectivity index (χ1) is 29.3. The van der Waals surface area contributed by atoms with Crippen molar-refractivity contribution in [2.24, 2.45) is 0 Å². The van der Waals surface area contributed by atoms with Gasteiger partial charge in [0.2, 0.25) is 0 Å². The third-order valence-electron chi connectivity index (χ3n) is 12.5. The SMILES string of the molecule is c1ccc(-c2nc(-c3ccc4c(c3)c3ccccc3c3cc5c6cc7c8ccccc8c8ccccc8c7cc6n(-c6ccccc6)c5cc43)nc3ccccc23)cc1. The van der Waals surface area contributed by atoms with E-state index in [-0.39, 0.29) is 0 Å². The molecule has 0 saturated carbocycles. The minimum Gasteiger partial charge on any atom is -0.309 e. The zero-order valence-electron chi connectivity index (χ0n) is 31.9. The summed E-state index contributed by atoms with van der Waals surface area (Å²) in [5, 5.41) is 18.5. The molecule has 0 atom stereocenters. The summed E-state index contributed by atoms with van der Waals surface area (Å²) in [6, 6.07) is 72.7. The highest BCUT2D eigenvalue weighted by molar-refractivity contribution is 6.32. The van der Waals surface area contributed by atoms with E-state index in [9.17, 15) is 0 Å². The van der Waals surface area contributed by atoms with Gasteiger partial charge in [-0.05, 0) is 113 Å². The van der Waals surface area contributed by atoms with Gasteiger partial charge in [-0.2, -0.15) is 0 Å². The van der Waals surface area contributed by atoms with E-state index < -0.39 is 0 Å². The van der Waals surface area contributed by atoms with Crippen molar-refractivity contribution in [3.05, 3.63) is 200 Å². The van der Waals surface area contributed by atoms with Crippen LogP contribution >= 0.6 is 0 Å². The summed E-state index contributed by atoms with van der Waals surface area (Å²) in [6.45, 7) is 0. The smallest absolute Gasteiger partial charge is 0.160 e. The molecule has 0 amide bonds. The first kappa shape index (κ1) is 32.2. The van der Waals surface area contributed by atoms with Gasteiger partial charge in [-0.25, -0.2) is 9.97 Å². The third-order valence-corrected chi connectivity index (χ3v) is 12.5. The lowest BCUT2D eigenvalue weighted by Crippen LogP contribution is -1.95. The molecule has 0 aliphatic rings. The van der Waals surface area contributed by atoms with Crippen molar-refractivity contribution in [3.8, 4) is 28.3 Å². The van der Waals surface area contributed by atoms with Gasteiger partial charge in [-0.3, -0.25) is 0 Å². The van der Waals surface area contributed by atoms with E-state index in [0.717, 1.165) is 39.2 Å². The number of para-hydroxylation sites is 2. The van der Waals surface area contributed by atoms with Crippen molar-refractivity contribution in [1.29, 1.82) is 0 Å². The fraction of sp³-hybridized carbons (Fsp3) is 0. The van der Waals surface area contributed by atoms with Gasteiger partial charge >= 0.3 is 0 Å². The Balaban J connectivity index is 1.13. The van der Waals surface area contributed by atoms with Gasteiger partial charge in [0.1, 0.15) is 0 Å². The van der Waals surface area contributed by atoms with E-state index in [1.165, 1.54) is 86.4 Å². The molecule has 0 saturated heterocycles. The van der Waals surface area contributed by atoms with Crippen molar-refractivity contribution < 1.29 is 0 Å².